The molecule has 24 heavy (non-hydrogen) atoms. The van der Waals surface area contributed by atoms with Crippen LogP contribution in [0.3, 0.4) is 0 Å². The molecule has 8 heteroatoms. The molecule has 0 saturated heterocycles. The van der Waals surface area contributed by atoms with Gasteiger partial charge in [-0.1, -0.05) is 24.3 Å². The van der Waals surface area contributed by atoms with E-state index in [1.165, 1.54) is 12.3 Å². The summed E-state index contributed by atoms with van der Waals surface area (Å²) >= 11 is 0. The van der Waals surface area contributed by atoms with Gasteiger partial charge in [0.2, 0.25) is 5.88 Å². The Morgan fingerprint density at radius 2 is 1.83 bits per heavy atom. The topological polar surface area (TPSA) is 60.5 Å². The van der Waals surface area contributed by atoms with Crippen molar-refractivity contribution in [1.29, 1.82) is 0 Å². The predicted octanol–water partition coefficient (Wildman–Crippen LogP) is 2.72. The smallest absolute Gasteiger partial charge is 0.422 e. The first-order valence-corrected chi connectivity index (χ1v) is 7.02. The zero-order valence-electron chi connectivity index (χ0n) is 12.5. The van der Waals surface area contributed by atoms with Crippen molar-refractivity contribution in [1.82, 2.24) is 10.3 Å². The zero-order chi connectivity index (χ0) is 17.4. The Kier molecular flexibility index (Phi) is 6.00. The van der Waals surface area contributed by atoms with E-state index < -0.39 is 18.7 Å². The van der Waals surface area contributed by atoms with Gasteiger partial charge < -0.3 is 14.8 Å². The molecule has 2 rings (SSSR count). The van der Waals surface area contributed by atoms with E-state index in [1.54, 1.807) is 30.3 Å². The molecule has 1 N–H and O–H groups in total. The highest BCUT2D eigenvalue weighted by atomic mass is 19.4. The number of amides is 1. The lowest BCUT2D eigenvalue weighted by atomic mass is 10.2. The monoisotopic (exact) mass is 340 g/mol. The first kappa shape index (κ1) is 17.6. The van der Waals surface area contributed by atoms with Crippen LogP contribution in [0.15, 0.2) is 48.7 Å². The van der Waals surface area contributed by atoms with Gasteiger partial charge in [-0.3, -0.25) is 4.79 Å². The Morgan fingerprint density at radius 1 is 1.08 bits per heavy atom. The molecule has 0 fully saturated rings. The van der Waals surface area contributed by atoms with E-state index in [9.17, 15) is 18.0 Å². The third kappa shape index (κ3) is 6.15. The summed E-state index contributed by atoms with van der Waals surface area (Å²) in [7, 11) is 0. The molecule has 0 spiro atoms. The molecule has 0 aliphatic rings. The number of halogens is 3. The second-order valence-electron chi connectivity index (χ2n) is 4.75. The van der Waals surface area contributed by atoms with Crippen molar-refractivity contribution in [2.24, 2.45) is 0 Å². The molecule has 0 aliphatic carbocycles. The summed E-state index contributed by atoms with van der Waals surface area (Å²) in [4.78, 5) is 15.5. The van der Waals surface area contributed by atoms with Gasteiger partial charge in [-0.25, -0.2) is 4.98 Å². The highest BCUT2D eigenvalue weighted by molar-refractivity contribution is 5.77. The largest absolute Gasteiger partial charge is 0.484 e. The highest BCUT2D eigenvalue weighted by Crippen LogP contribution is 2.19. The number of aromatic nitrogens is 1. The van der Waals surface area contributed by atoms with Gasteiger partial charge in [0, 0.05) is 18.3 Å². The minimum absolute atomic E-state index is 0.0159. The summed E-state index contributed by atoms with van der Waals surface area (Å²) < 4.78 is 46.5. The third-order valence-electron chi connectivity index (χ3n) is 2.81. The molecule has 0 unspecified atom stereocenters. The summed E-state index contributed by atoms with van der Waals surface area (Å²) in [6, 6.07) is 11.8. The van der Waals surface area contributed by atoms with Crippen LogP contribution in [0.2, 0.25) is 0 Å². The molecule has 1 heterocycles. The van der Waals surface area contributed by atoms with E-state index in [0.717, 1.165) is 0 Å². The zero-order valence-corrected chi connectivity index (χ0v) is 12.5. The molecule has 0 bridgehead atoms. The van der Waals surface area contributed by atoms with Crippen LogP contribution < -0.4 is 14.8 Å². The first-order chi connectivity index (χ1) is 11.4. The van der Waals surface area contributed by atoms with Crippen LogP contribution in [0.25, 0.3) is 0 Å². The second kappa shape index (κ2) is 8.19. The molecule has 2 aromatic rings. The van der Waals surface area contributed by atoms with E-state index in [1.807, 2.05) is 6.07 Å². The molecule has 0 radical (unpaired) electrons. The molecule has 1 aromatic carbocycles. The molecule has 0 atom stereocenters. The summed E-state index contributed by atoms with van der Waals surface area (Å²) in [5, 5.41) is 2.54. The minimum Gasteiger partial charge on any atom is -0.484 e. The Bertz CT molecular complexity index is 663. The summed E-state index contributed by atoms with van der Waals surface area (Å²) in [6.07, 6.45) is -3.14. The number of hydrogen-bond acceptors (Lipinski definition) is 4. The van der Waals surface area contributed by atoms with Gasteiger partial charge in [0.15, 0.2) is 13.2 Å². The standard InChI is InChI=1S/C16H15F3N2O3/c17-16(18,19)11-24-15-12(5-4-8-20-15)9-21-14(22)10-23-13-6-2-1-3-7-13/h1-8H,9-11H2,(H,21,22). The van der Waals surface area contributed by atoms with E-state index in [2.05, 4.69) is 15.0 Å². The maximum atomic E-state index is 12.2. The van der Waals surface area contributed by atoms with E-state index in [-0.39, 0.29) is 19.0 Å². The second-order valence-corrected chi connectivity index (χ2v) is 4.75. The maximum absolute atomic E-state index is 12.2. The van der Waals surface area contributed by atoms with Crippen molar-refractivity contribution in [3.05, 3.63) is 54.2 Å². The molecule has 1 amide bonds. The number of carbonyl (C=O) groups is 1. The van der Waals surface area contributed by atoms with Crippen LogP contribution in [-0.4, -0.2) is 30.3 Å². The lowest BCUT2D eigenvalue weighted by Gasteiger charge is -2.12. The van der Waals surface area contributed by atoms with Gasteiger partial charge in [-0.05, 0) is 18.2 Å². The lowest BCUT2D eigenvalue weighted by Crippen LogP contribution is -2.29. The fraction of sp³-hybridized carbons (Fsp3) is 0.250. The number of benzene rings is 1. The van der Waals surface area contributed by atoms with Gasteiger partial charge in [0.25, 0.3) is 5.91 Å². The van der Waals surface area contributed by atoms with Gasteiger partial charge in [-0.15, -0.1) is 0 Å². The normalized spacial score (nSPS) is 11.0. The number of nitrogens with zero attached hydrogens (tertiary/aromatic N) is 1. The summed E-state index contributed by atoms with van der Waals surface area (Å²) in [5.41, 5.74) is 0.342. The average molecular weight is 340 g/mol. The minimum atomic E-state index is -4.46. The fourth-order valence-electron chi connectivity index (χ4n) is 1.75. The maximum Gasteiger partial charge on any atom is 0.422 e. The predicted molar refractivity (Wildman–Crippen MR) is 79.6 cm³/mol. The van der Waals surface area contributed by atoms with Gasteiger partial charge in [0.05, 0.1) is 0 Å². The van der Waals surface area contributed by atoms with E-state index in [0.29, 0.717) is 11.3 Å². The van der Waals surface area contributed by atoms with Gasteiger partial charge in [0.1, 0.15) is 5.75 Å². The quantitative estimate of drug-likeness (QED) is 0.842. The number of rotatable bonds is 7. The molecular formula is C16H15F3N2O3. The van der Waals surface area contributed by atoms with Crippen molar-refractivity contribution in [2.45, 2.75) is 12.7 Å². The molecule has 1 aromatic heterocycles. The van der Waals surface area contributed by atoms with Crippen LogP contribution >= 0.6 is 0 Å². The molecule has 0 saturated carbocycles. The number of pyridine rings is 1. The lowest BCUT2D eigenvalue weighted by molar-refractivity contribution is -0.154. The van der Waals surface area contributed by atoms with Crippen molar-refractivity contribution < 1.29 is 27.4 Å². The van der Waals surface area contributed by atoms with E-state index >= 15 is 0 Å². The van der Waals surface area contributed by atoms with Crippen molar-refractivity contribution in [3.8, 4) is 11.6 Å². The molecule has 5 nitrogen and oxygen atoms in total. The van der Waals surface area contributed by atoms with Gasteiger partial charge >= 0.3 is 6.18 Å². The number of carbonyl (C=O) groups excluding carboxylic acids is 1. The Balaban J connectivity index is 1.84. The van der Waals surface area contributed by atoms with Gasteiger partial charge in [-0.2, -0.15) is 13.2 Å². The molecular weight excluding hydrogens is 325 g/mol. The van der Waals surface area contributed by atoms with Crippen molar-refractivity contribution in [3.63, 3.8) is 0 Å². The van der Waals surface area contributed by atoms with Crippen LogP contribution in [0.1, 0.15) is 5.56 Å². The Morgan fingerprint density at radius 3 is 2.54 bits per heavy atom. The SMILES string of the molecule is O=C(COc1ccccc1)NCc1cccnc1OCC(F)(F)F. The van der Waals surface area contributed by atoms with Crippen LogP contribution in [0.4, 0.5) is 13.2 Å². The number of para-hydroxylation sites is 1. The summed E-state index contributed by atoms with van der Waals surface area (Å²) in [6.45, 7) is -1.66. The number of nitrogens with one attached hydrogen (secondary N) is 1. The number of alkyl halides is 3. The fourth-order valence-corrected chi connectivity index (χ4v) is 1.75. The average Bonchev–Trinajstić information content (AvgIpc) is 2.57. The molecule has 128 valence electrons. The number of hydrogen-bond donors (Lipinski definition) is 1. The molecule has 0 aliphatic heterocycles. The van der Waals surface area contributed by atoms with Crippen LogP contribution in [0.5, 0.6) is 11.6 Å². The van der Waals surface area contributed by atoms with Crippen molar-refractivity contribution >= 4 is 5.91 Å². The van der Waals surface area contributed by atoms with Crippen molar-refractivity contribution in [2.75, 3.05) is 13.2 Å². The third-order valence-corrected chi connectivity index (χ3v) is 2.81. The first-order valence-electron chi connectivity index (χ1n) is 7.02. The number of ether oxygens (including phenoxy) is 2. The Labute approximate surface area is 136 Å². The summed E-state index contributed by atoms with van der Waals surface area (Å²) in [5.74, 6) is -0.0354. The van der Waals surface area contributed by atoms with E-state index in [4.69, 9.17) is 4.74 Å². The van der Waals surface area contributed by atoms with Crippen LogP contribution in [-0.2, 0) is 11.3 Å². The Hall–Kier alpha value is -2.77. The highest BCUT2D eigenvalue weighted by Gasteiger charge is 2.29. The van der Waals surface area contributed by atoms with Crippen LogP contribution in [0, 0.1) is 0 Å².